The molecule has 2 amide bonds. The molecular formula is C23H32FN3O4. The van der Waals surface area contributed by atoms with Crippen LogP contribution in [0, 0.1) is 17.2 Å². The summed E-state index contributed by atoms with van der Waals surface area (Å²) in [4.78, 5) is 29.6. The van der Waals surface area contributed by atoms with Gasteiger partial charge in [-0.1, -0.05) is 12.1 Å². The van der Waals surface area contributed by atoms with Crippen LogP contribution >= 0.6 is 0 Å². The third kappa shape index (κ3) is 5.07. The fraction of sp³-hybridized carbons (Fsp3) is 0.652. The van der Waals surface area contributed by atoms with Gasteiger partial charge in [-0.15, -0.1) is 0 Å². The quantitative estimate of drug-likeness (QED) is 0.738. The molecule has 0 spiro atoms. The smallest absolute Gasteiger partial charge is 0.226 e. The second-order valence-electron chi connectivity index (χ2n) is 9.03. The summed E-state index contributed by atoms with van der Waals surface area (Å²) < 4.78 is 24.9. The van der Waals surface area contributed by atoms with E-state index in [-0.39, 0.29) is 29.5 Å². The van der Waals surface area contributed by atoms with Crippen LogP contribution < -0.4 is 5.32 Å². The number of carbonyl (C=O) groups is 2. The highest BCUT2D eigenvalue weighted by atomic mass is 19.1. The van der Waals surface area contributed by atoms with Crippen molar-refractivity contribution in [1.29, 1.82) is 0 Å². The van der Waals surface area contributed by atoms with Crippen LogP contribution in [-0.2, 0) is 19.1 Å². The van der Waals surface area contributed by atoms with E-state index in [4.69, 9.17) is 9.47 Å². The van der Waals surface area contributed by atoms with Gasteiger partial charge in [-0.05, 0) is 30.5 Å². The minimum atomic E-state index is -0.528. The summed E-state index contributed by atoms with van der Waals surface area (Å²) in [7, 11) is 1.68. The molecule has 3 fully saturated rings. The fourth-order valence-electron chi connectivity index (χ4n) is 5.09. The number of hydrogen-bond donors (Lipinski definition) is 1. The van der Waals surface area contributed by atoms with Crippen molar-refractivity contribution in [3.8, 4) is 0 Å². The molecule has 1 aromatic carbocycles. The monoisotopic (exact) mass is 433 g/mol. The number of halogens is 1. The number of amides is 2. The van der Waals surface area contributed by atoms with Crippen molar-refractivity contribution in [2.45, 2.75) is 25.3 Å². The summed E-state index contributed by atoms with van der Waals surface area (Å²) in [5.41, 5.74) is 0.608. The molecule has 2 unspecified atom stereocenters. The first-order valence-electron chi connectivity index (χ1n) is 11.1. The Labute approximate surface area is 182 Å². The highest BCUT2D eigenvalue weighted by Gasteiger charge is 2.44. The van der Waals surface area contributed by atoms with Crippen LogP contribution in [0.5, 0.6) is 0 Å². The van der Waals surface area contributed by atoms with Gasteiger partial charge in [0.25, 0.3) is 0 Å². The second kappa shape index (κ2) is 9.63. The van der Waals surface area contributed by atoms with Crippen molar-refractivity contribution >= 4 is 11.8 Å². The van der Waals surface area contributed by atoms with Gasteiger partial charge in [0.1, 0.15) is 5.82 Å². The van der Waals surface area contributed by atoms with E-state index in [9.17, 15) is 14.0 Å². The van der Waals surface area contributed by atoms with Crippen molar-refractivity contribution in [2.75, 3.05) is 59.7 Å². The number of rotatable bonds is 6. The first-order chi connectivity index (χ1) is 15.0. The first kappa shape index (κ1) is 22.2. The minimum absolute atomic E-state index is 0.0475. The summed E-state index contributed by atoms with van der Waals surface area (Å²) in [6.07, 6.45) is 1.92. The van der Waals surface area contributed by atoms with E-state index in [2.05, 4.69) is 10.2 Å². The largest absolute Gasteiger partial charge is 0.381 e. The number of benzene rings is 1. The Morgan fingerprint density at radius 3 is 2.61 bits per heavy atom. The Morgan fingerprint density at radius 1 is 1.19 bits per heavy atom. The lowest BCUT2D eigenvalue weighted by atomic mass is 9.79. The SMILES string of the molecule is CN1C(=O)CC(C(=O)NCC2(CN3CCOCC3)CCOCC2)C1c1cccc(F)c1. The van der Waals surface area contributed by atoms with E-state index < -0.39 is 12.0 Å². The second-order valence-corrected chi connectivity index (χ2v) is 9.03. The highest BCUT2D eigenvalue weighted by Crippen LogP contribution is 2.38. The van der Waals surface area contributed by atoms with Crippen molar-refractivity contribution in [2.24, 2.45) is 11.3 Å². The molecule has 31 heavy (non-hydrogen) atoms. The van der Waals surface area contributed by atoms with Crippen LogP contribution in [0.3, 0.4) is 0 Å². The van der Waals surface area contributed by atoms with Gasteiger partial charge in [-0.25, -0.2) is 4.39 Å². The fourth-order valence-corrected chi connectivity index (χ4v) is 5.09. The van der Waals surface area contributed by atoms with Crippen molar-refractivity contribution < 1.29 is 23.5 Å². The van der Waals surface area contributed by atoms with Gasteiger partial charge < -0.3 is 19.7 Å². The molecule has 3 saturated heterocycles. The molecule has 3 heterocycles. The lowest BCUT2D eigenvalue weighted by Gasteiger charge is -2.42. The van der Waals surface area contributed by atoms with Crippen molar-refractivity contribution in [1.82, 2.24) is 15.1 Å². The van der Waals surface area contributed by atoms with Crippen LogP contribution in [0.2, 0.25) is 0 Å². The molecule has 170 valence electrons. The Hall–Kier alpha value is -2.03. The molecule has 0 radical (unpaired) electrons. The van der Waals surface area contributed by atoms with Gasteiger partial charge in [-0.2, -0.15) is 0 Å². The third-order valence-electron chi connectivity index (χ3n) is 6.97. The molecule has 3 aliphatic heterocycles. The molecule has 0 saturated carbocycles. The third-order valence-corrected chi connectivity index (χ3v) is 6.97. The van der Waals surface area contributed by atoms with Gasteiger partial charge >= 0.3 is 0 Å². The number of likely N-dealkylation sites (tertiary alicyclic amines) is 1. The number of hydrogen-bond acceptors (Lipinski definition) is 5. The van der Waals surface area contributed by atoms with Crippen molar-refractivity contribution in [3.63, 3.8) is 0 Å². The number of ether oxygens (including phenoxy) is 2. The van der Waals surface area contributed by atoms with E-state index in [1.54, 1.807) is 24.1 Å². The predicted molar refractivity (Wildman–Crippen MR) is 113 cm³/mol. The van der Waals surface area contributed by atoms with Gasteiger partial charge in [-0.3, -0.25) is 14.5 Å². The van der Waals surface area contributed by atoms with Crippen LogP contribution in [0.25, 0.3) is 0 Å². The van der Waals surface area contributed by atoms with Crippen LogP contribution in [0.15, 0.2) is 24.3 Å². The van der Waals surface area contributed by atoms with Crippen LogP contribution in [0.1, 0.15) is 30.9 Å². The molecule has 0 aromatic heterocycles. The topological polar surface area (TPSA) is 71.1 Å². The molecule has 3 aliphatic rings. The lowest BCUT2D eigenvalue weighted by Crippen LogP contribution is -2.51. The summed E-state index contributed by atoms with van der Waals surface area (Å²) in [6, 6.07) is 5.74. The Kier molecular flexibility index (Phi) is 6.89. The number of morpholine rings is 1. The summed E-state index contributed by atoms with van der Waals surface area (Å²) in [5.74, 6) is -1.13. The number of nitrogens with one attached hydrogen (secondary N) is 1. The first-order valence-corrected chi connectivity index (χ1v) is 11.1. The molecule has 2 atom stereocenters. The van der Waals surface area contributed by atoms with Crippen molar-refractivity contribution in [3.05, 3.63) is 35.6 Å². The highest BCUT2D eigenvalue weighted by molar-refractivity contribution is 5.90. The number of nitrogens with zero attached hydrogens (tertiary/aromatic N) is 2. The Morgan fingerprint density at radius 2 is 1.90 bits per heavy atom. The molecule has 0 aliphatic carbocycles. The van der Waals surface area contributed by atoms with Gasteiger partial charge in [0.15, 0.2) is 0 Å². The Balaban J connectivity index is 1.45. The summed E-state index contributed by atoms with van der Waals surface area (Å²) in [5, 5.41) is 3.16. The number of carbonyl (C=O) groups excluding carboxylic acids is 2. The van der Waals surface area contributed by atoms with E-state index in [1.165, 1.54) is 12.1 Å². The van der Waals surface area contributed by atoms with E-state index in [1.807, 2.05) is 0 Å². The molecule has 1 aromatic rings. The molecule has 7 nitrogen and oxygen atoms in total. The summed E-state index contributed by atoms with van der Waals surface area (Å²) >= 11 is 0. The predicted octanol–water partition coefficient (Wildman–Crippen LogP) is 1.59. The maximum absolute atomic E-state index is 13.8. The molecule has 1 N–H and O–H groups in total. The van der Waals surface area contributed by atoms with Crippen LogP contribution in [-0.4, -0.2) is 81.3 Å². The average Bonchev–Trinajstić information content (AvgIpc) is 3.08. The zero-order valence-electron chi connectivity index (χ0n) is 18.1. The normalized spacial score (nSPS) is 26.8. The zero-order valence-corrected chi connectivity index (χ0v) is 18.1. The van der Waals surface area contributed by atoms with E-state index in [0.717, 1.165) is 45.7 Å². The standard InChI is InChI=1S/C23H32FN3O4/c1-26-20(28)14-19(21(26)17-3-2-4-18(24)13-17)22(29)25-15-23(5-9-30-10-6-23)16-27-7-11-31-12-8-27/h2-4,13,19,21H,5-12,14-16H2,1H3,(H,25,29). The van der Waals surface area contributed by atoms with Gasteiger partial charge in [0.05, 0.1) is 25.2 Å². The van der Waals surface area contributed by atoms with Gasteiger partial charge in [0.2, 0.25) is 11.8 Å². The lowest BCUT2D eigenvalue weighted by molar-refractivity contribution is -0.128. The Bertz CT molecular complexity index is 793. The molecular weight excluding hydrogens is 401 g/mol. The maximum atomic E-state index is 13.8. The van der Waals surface area contributed by atoms with Gasteiger partial charge in [0, 0.05) is 58.3 Å². The molecule has 8 heteroatoms. The van der Waals surface area contributed by atoms with E-state index in [0.29, 0.717) is 25.3 Å². The maximum Gasteiger partial charge on any atom is 0.226 e. The minimum Gasteiger partial charge on any atom is -0.381 e. The van der Waals surface area contributed by atoms with Crippen LogP contribution in [0.4, 0.5) is 4.39 Å². The molecule has 0 bridgehead atoms. The zero-order chi connectivity index (χ0) is 21.8. The average molecular weight is 434 g/mol. The van der Waals surface area contributed by atoms with E-state index >= 15 is 0 Å². The molecule has 4 rings (SSSR count). The summed E-state index contributed by atoms with van der Waals surface area (Å²) in [6.45, 7) is 6.12.